The summed E-state index contributed by atoms with van der Waals surface area (Å²) in [6.07, 6.45) is 1.81. The first-order valence-electron chi connectivity index (χ1n) is 6.74. The van der Waals surface area contributed by atoms with E-state index < -0.39 is 0 Å². The van der Waals surface area contributed by atoms with Crippen molar-refractivity contribution in [3.8, 4) is 0 Å². The third-order valence-electron chi connectivity index (χ3n) is 3.76. The van der Waals surface area contributed by atoms with E-state index in [1.807, 2.05) is 42.5 Å². The Labute approximate surface area is 124 Å². The summed E-state index contributed by atoms with van der Waals surface area (Å²) in [6, 6.07) is 18.0. The fraction of sp³-hybridized carbons (Fsp3) is 0.235. The van der Waals surface area contributed by atoms with Gasteiger partial charge in [-0.25, -0.2) is 0 Å². The predicted molar refractivity (Wildman–Crippen MR) is 82.1 cm³/mol. The zero-order valence-corrected chi connectivity index (χ0v) is 12.1. The summed E-state index contributed by atoms with van der Waals surface area (Å²) in [5.41, 5.74) is 2.88. The standard InChI is InChI=1S/C17H16ClNO/c1-17(14-5-3-2-4-6-14)12-11-16(19-20-17)13-7-9-15(18)10-8-13/h2-10H,11-12H2,1H3. The van der Waals surface area contributed by atoms with Gasteiger partial charge in [-0.05, 0) is 43.0 Å². The van der Waals surface area contributed by atoms with E-state index in [1.54, 1.807) is 0 Å². The molecule has 0 saturated carbocycles. The highest BCUT2D eigenvalue weighted by Crippen LogP contribution is 2.34. The minimum absolute atomic E-state index is 0.336. The van der Waals surface area contributed by atoms with Gasteiger partial charge in [-0.15, -0.1) is 0 Å². The van der Waals surface area contributed by atoms with E-state index in [9.17, 15) is 0 Å². The lowest BCUT2D eigenvalue weighted by Crippen LogP contribution is -2.29. The van der Waals surface area contributed by atoms with Crippen molar-refractivity contribution in [3.63, 3.8) is 0 Å². The van der Waals surface area contributed by atoms with Gasteiger partial charge in [0.1, 0.15) is 0 Å². The van der Waals surface area contributed by atoms with Crippen LogP contribution in [-0.4, -0.2) is 5.71 Å². The van der Waals surface area contributed by atoms with Gasteiger partial charge >= 0.3 is 0 Å². The van der Waals surface area contributed by atoms with Gasteiger partial charge in [0, 0.05) is 5.02 Å². The van der Waals surface area contributed by atoms with Crippen molar-refractivity contribution in [3.05, 3.63) is 70.7 Å². The lowest BCUT2D eigenvalue weighted by atomic mass is 9.88. The van der Waals surface area contributed by atoms with E-state index in [4.69, 9.17) is 16.4 Å². The molecule has 1 aliphatic heterocycles. The lowest BCUT2D eigenvalue weighted by molar-refractivity contribution is -0.0481. The Bertz CT molecular complexity index is 621. The molecule has 1 atom stereocenters. The van der Waals surface area contributed by atoms with Crippen molar-refractivity contribution < 1.29 is 4.84 Å². The number of hydrogen-bond acceptors (Lipinski definition) is 2. The first-order chi connectivity index (χ1) is 9.67. The molecule has 2 aromatic carbocycles. The van der Waals surface area contributed by atoms with E-state index in [-0.39, 0.29) is 5.60 Å². The molecule has 0 bridgehead atoms. The van der Waals surface area contributed by atoms with Crippen LogP contribution in [0.4, 0.5) is 0 Å². The van der Waals surface area contributed by atoms with Gasteiger partial charge in [-0.3, -0.25) is 0 Å². The highest BCUT2D eigenvalue weighted by Gasteiger charge is 2.32. The monoisotopic (exact) mass is 285 g/mol. The van der Waals surface area contributed by atoms with Gasteiger partial charge in [0.25, 0.3) is 0 Å². The molecule has 0 amide bonds. The van der Waals surface area contributed by atoms with Gasteiger partial charge in [-0.2, -0.15) is 0 Å². The minimum Gasteiger partial charge on any atom is -0.384 e. The fourth-order valence-corrected chi connectivity index (χ4v) is 2.56. The van der Waals surface area contributed by atoms with Crippen LogP contribution in [0.5, 0.6) is 0 Å². The largest absolute Gasteiger partial charge is 0.384 e. The van der Waals surface area contributed by atoms with Crippen LogP contribution < -0.4 is 0 Å². The number of hydrogen-bond donors (Lipinski definition) is 0. The topological polar surface area (TPSA) is 21.6 Å². The summed E-state index contributed by atoms with van der Waals surface area (Å²) >= 11 is 5.90. The van der Waals surface area contributed by atoms with E-state index in [0.717, 1.165) is 29.1 Å². The molecule has 0 fully saturated rings. The average Bonchev–Trinajstić information content (AvgIpc) is 2.50. The van der Waals surface area contributed by atoms with Crippen molar-refractivity contribution in [2.75, 3.05) is 0 Å². The maximum atomic E-state index is 5.90. The summed E-state index contributed by atoms with van der Waals surface area (Å²) in [5.74, 6) is 0. The summed E-state index contributed by atoms with van der Waals surface area (Å²) in [4.78, 5) is 5.80. The third-order valence-corrected chi connectivity index (χ3v) is 4.01. The smallest absolute Gasteiger partial charge is 0.160 e. The van der Waals surface area contributed by atoms with E-state index in [0.29, 0.717) is 0 Å². The Morgan fingerprint density at radius 2 is 1.75 bits per heavy atom. The summed E-state index contributed by atoms with van der Waals surface area (Å²) in [6.45, 7) is 2.09. The van der Waals surface area contributed by atoms with Crippen LogP contribution in [0.2, 0.25) is 5.02 Å². The van der Waals surface area contributed by atoms with E-state index >= 15 is 0 Å². The van der Waals surface area contributed by atoms with Crippen LogP contribution >= 0.6 is 11.6 Å². The number of halogens is 1. The van der Waals surface area contributed by atoms with E-state index in [2.05, 4.69) is 24.2 Å². The highest BCUT2D eigenvalue weighted by molar-refractivity contribution is 6.30. The maximum Gasteiger partial charge on any atom is 0.160 e. The van der Waals surface area contributed by atoms with Crippen LogP contribution in [0.3, 0.4) is 0 Å². The quantitative estimate of drug-likeness (QED) is 0.779. The van der Waals surface area contributed by atoms with Crippen LogP contribution in [0.15, 0.2) is 59.8 Å². The predicted octanol–water partition coefficient (Wildman–Crippen LogP) is 4.77. The molecule has 102 valence electrons. The van der Waals surface area contributed by atoms with Gasteiger partial charge in [-0.1, -0.05) is 59.2 Å². The lowest BCUT2D eigenvalue weighted by Gasteiger charge is -2.31. The Kier molecular flexibility index (Phi) is 3.49. The molecule has 20 heavy (non-hydrogen) atoms. The average molecular weight is 286 g/mol. The molecule has 1 heterocycles. The third kappa shape index (κ3) is 2.56. The summed E-state index contributed by atoms with van der Waals surface area (Å²) in [5, 5.41) is 5.07. The fourth-order valence-electron chi connectivity index (χ4n) is 2.43. The molecule has 2 nitrogen and oxygen atoms in total. The van der Waals surface area contributed by atoms with Gasteiger partial charge in [0.05, 0.1) is 5.71 Å². The van der Waals surface area contributed by atoms with Crippen molar-refractivity contribution in [2.45, 2.75) is 25.4 Å². The maximum absolute atomic E-state index is 5.90. The van der Waals surface area contributed by atoms with Crippen LogP contribution in [0.1, 0.15) is 30.9 Å². The Morgan fingerprint density at radius 1 is 1.05 bits per heavy atom. The zero-order valence-electron chi connectivity index (χ0n) is 11.3. The molecular formula is C17H16ClNO. The van der Waals surface area contributed by atoms with Gasteiger partial charge < -0.3 is 4.84 Å². The highest BCUT2D eigenvalue weighted by atomic mass is 35.5. The molecule has 0 aromatic heterocycles. The number of rotatable bonds is 2. The van der Waals surface area contributed by atoms with Gasteiger partial charge in [0.2, 0.25) is 0 Å². The number of benzene rings is 2. The second-order valence-corrected chi connectivity index (χ2v) is 5.67. The second kappa shape index (κ2) is 5.29. The van der Waals surface area contributed by atoms with Gasteiger partial charge in [0.15, 0.2) is 5.60 Å². The molecule has 1 unspecified atom stereocenters. The van der Waals surface area contributed by atoms with E-state index in [1.165, 1.54) is 5.56 Å². The first kappa shape index (κ1) is 13.2. The molecule has 3 heteroatoms. The molecule has 0 saturated heterocycles. The second-order valence-electron chi connectivity index (χ2n) is 5.23. The molecule has 0 radical (unpaired) electrons. The number of nitrogens with zero attached hydrogens (tertiary/aromatic N) is 1. The number of oxime groups is 1. The minimum atomic E-state index is -0.336. The molecule has 2 aromatic rings. The Balaban J connectivity index is 1.83. The molecule has 0 spiro atoms. The van der Waals surface area contributed by atoms with Crippen molar-refractivity contribution in [1.29, 1.82) is 0 Å². The normalized spacial score (nSPS) is 22.0. The van der Waals surface area contributed by atoms with Crippen LogP contribution in [-0.2, 0) is 10.4 Å². The van der Waals surface area contributed by atoms with Crippen LogP contribution in [0.25, 0.3) is 0 Å². The molecule has 0 N–H and O–H groups in total. The first-order valence-corrected chi connectivity index (χ1v) is 7.12. The zero-order chi connectivity index (χ0) is 14.0. The molecular weight excluding hydrogens is 270 g/mol. The Hall–Kier alpha value is -1.80. The van der Waals surface area contributed by atoms with Crippen LogP contribution in [0, 0.1) is 0 Å². The SMILES string of the molecule is CC1(c2ccccc2)CCC(c2ccc(Cl)cc2)=NO1. The summed E-state index contributed by atoms with van der Waals surface area (Å²) < 4.78 is 0. The molecule has 0 aliphatic carbocycles. The summed E-state index contributed by atoms with van der Waals surface area (Å²) in [7, 11) is 0. The molecule has 3 rings (SSSR count). The van der Waals surface area contributed by atoms with Crippen molar-refractivity contribution >= 4 is 17.3 Å². The van der Waals surface area contributed by atoms with Crippen molar-refractivity contribution in [1.82, 2.24) is 0 Å². The van der Waals surface area contributed by atoms with Crippen molar-refractivity contribution in [2.24, 2.45) is 5.16 Å². The Morgan fingerprint density at radius 3 is 2.35 bits per heavy atom. The molecule has 1 aliphatic rings.